The molecule has 0 aliphatic rings. The van der Waals surface area contributed by atoms with Gasteiger partial charge in [0.2, 0.25) is 0 Å². The number of carboxylic acid groups (broad SMARTS) is 1. The van der Waals surface area contributed by atoms with Crippen molar-refractivity contribution in [3.63, 3.8) is 0 Å². The molecule has 0 aliphatic carbocycles. The summed E-state index contributed by atoms with van der Waals surface area (Å²) in [5.41, 5.74) is -0.307. The highest BCUT2D eigenvalue weighted by atomic mass is 16.5. The van der Waals surface area contributed by atoms with Crippen molar-refractivity contribution in [1.29, 1.82) is 0 Å². The highest BCUT2D eigenvalue weighted by Crippen LogP contribution is 2.02. The molecule has 0 radical (unpaired) electrons. The van der Waals surface area contributed by atoms with Gasteiger partial charge in [-0.25, -0.2) is 9.78 Å². The lowest BCUT2D eigenvalue weighted by Gasteiger charge is -2.07. The van der Waals surface area contributed by atoms with Crippen LogP contribution in [0.25, 0.3) is 0 Å². The zero-order valence-electron chi connectivity index (χ0n) is 10.4. The summed E-state index contributed by atoms with van der Waals surface area (Å²) in [6.45, 7) is 4.82. The Kier molecular flexibility index (Phi) is 5.31. The van der Waals surface area contributed by atoms with E-state index in [9.17, 15) is 9.59 Å². The van der Waals surface area contributed by atoms with Gasteiger partial charge in [0.05, 0.1) is 12.4 Å². The van der Waals surface area contributed by atoms with Crippen LogP contribution in [0.4, 0.5) is 0 Å². The lowest BCUT2D eigenvalue weighted by molar-refractivity contribution is 0.0682. The summed E-state index contributed by atoms with van der Waals surface area (Å²) in [7, 11) is 0. The van der Waals surface area contributed by atoms with Crippen LogP contribution in [0.2, 0.25) is 0 Å². The van der Waals surface area contributed by atoms with Crippen molar-refractivity contribution in [2.45, 2.75) is 26.4 Å². The monoisotopic (exact) mass is 255 g/mol. The van der Waals surface area contributed by atoms with Crippen LogP contribution in [-0.4, -0.2) is 46.2 Å². The summed E-state index contributed by atoms with van der Waals surface area (Å²) in [4.78, 5) is 28.5. The Labute approximate surface area is 105 Å². The van der Waals surface area contributed by atoms with E-state index in [0.29, 0.717) is 19.6 Å². The summed E-state index contributed by atoms with van der Waals surface area (Å²) in [5, 5.41) is 11.4. The van der Waals surface area contributed by atoms with Gasteiger partial charge in [0, 0.05) is 13.2 Å². The number of ether oxygens (including phenoxy) is 1. The number of rotatable bonds is 7. The third-order valence-corrected chi connectivity index (χ3v) is 2.13. The second kappa shape index (κ2) is 6.75. The van der Waals surface area contributed by atoms with Gasteiger partial charge in [0.25, 0.3) is 5.91 Å². The molecule has 7 nitrogen and oxygen atoms in total. The summed E-state index contributed by atoms with van der Waals surface area (Å²) >= 11 is 0. The number of hydrogen-bond acceptors (Lipinski definition) is 4. The summed E-state index contributed by atoms with van der Waals surface area (Å²) < 4.78 is 5.31. The minimum atomic E-state index is -1.21. The van der Waals surface area contributed by atoms with Crippen LogP contribution < -0.4 is 5.32 Å². The van der Waals surface area contributed by atoms with Crippen molar-refractivity contribution >= 4 is 11.9 Å². The van der Waals surface area contributed by atoms with Crippen molar-refractivity contribution < 1.29 is 19.4 Å². The molecule has 1 heterocycles. The van der Waals surface area contributed by atoms with Crippen molar-refractivity contribution in [2.24, 2.45) is 0 Å². The topological polar surface area (TPSA) is 104 Å². The van der Waals surface area contributed by atoms with Crippen LogP contribution in [-0.2, 0) is 4.74 Å². The Morgan fingerprint density at radius 1 is 1.56 bits per heavy atom. The first-order valence-electron chi connectivity index (χ1n) is 5.68. The van der Waals surface area contributed by atoms with E-state index in [4.69, 9.17) is 9.84 Å². The third-order valence-electron chi connectivity index (χ3n) is 2.13. The molecule has 0 atom stereocenters. The first kappa shape index (κ1) is 14.2. The second-order valence-electron chi connectivity index (χ2n) is 3.96. The molecule has 1 aromatic heterocycles. The van der Waals surface area contributed by atoms with E-state index in [0.717, 1.165) is 0 Å². The van der Waals surface area contributed by atoms with E-state index < -0.39 is 11.9 Å². The number of H-pyrrole nitrogens is 1. The zero-order valence-corrected chi connectivity index (χ0v) is 10.4. The molecule has 0 fully saturated rings. The Morgan fingerprint density at radius 3 is 2.89 bits per heavy atom. The maximum atomic E-state index is 11.6. The normalized spacial score (nSPS) is 10.6. The Balaban J connectivity index is 2.37. The Bertz CT molecular complexity index is 414. The molecule has 1 rings (SSSR count). The maximum Gasteiger partial charge on any atom is 0.354 e. The predicted molar refractivity (Wildman–Crippen MR) is 63.6 cm³/mol. The van der Waals surface area contributed by atoms with Gasteiger partial charge in [-0.05, 0) is 20.3 Å². The molecule has 0 saturated carbocycles. The summed E-state index contributed by atoms with van der Waals surface area (Å²) in [6.07, 6.45) is 2.00. The highest BCUT2D eigenvalue weighted by molar-refractivity contribution is 6.02. The van der Waals surface area contributed by atoms with Crippen molar-refractivity contribution in [2.75, 3.05) is 13.2 Å². The fourth-order valence-electron chi connectivity index (χ4n) is 1.31. The first-order chi connectivity index (χ1) is 8.52. The number of amides is 1. The highest BCUT2D eigenvalue weighted by Gasteiger charge is 2.18. The van der Waals surface area contributed by atoms with E-state index in [2.05, 4.69) is 15.3 Å². The van der Waals surface area contributed by atoms with Crippen molar-refractivity contribution in [3.05, 3.63) is 17.7 Å². The number of carboxylic acids is 1. The molecule has 1 aromatic rings. The number of hydrogen-bond donors (Lipinski definition) is 3. The van der Waals surface area contributed by atoms with Crippen LogP contribution in [0.5, 0.6) is 0 Å². The van der Waals surface area contributed by atoms with Crippen molar-refractivity contribution in [3.8, 4) is 0 Å². The SMILES string of the molecule is CC(C)OCCCNC(=O)c1nc[nH]c1C(=O)O. The minimum absolute atomic E-state index is 0.104. The fraction of sp³-hybridized carbons (Fsp3) is 0.545. The number of aromatic carboxylic acids is 1. The molecule has 0 saturated heterocycles. The van der Waals surface area contributed by atoms with Gasteiger partial charge in [-0.3, -0.25) is 4.79 Å². The first-order valence-corrected chi connectivity index (χ1v) is 5.68. The van der Waals surface area contributed by atoms with E-state index >= 15 is 0 Å². The Hall–Kier alpha value is -1.89. The number of nitrogens with zero attached hydrogens (tertiary/aromatic N) is 1. The van der Waals surface area contributed by atoms with Crippen LogP contribution >= 0.6 is 0 Å². The molecule has 1 amide bonds. The molecule has 0 aromatic carbocycles. The van der Waals surface area contributed by atoms with Gasteiger partial charge in [-0.15, -0.1) is 0 Å². The van der Waals surface area contributed by atoms with Gasteiger partial charge in [0.15, 0.2) is 11.4 Å². The van der Waals surface area contributed by atoms with Crippen LogP contribution in [0.15, 0.2) is 6.33 Å². The lowest BCUT2D eigenvalue weighted by Crippen LogP contribution is -2.27. The fourth-order valence-corrected chi connectivity index (χ4v) is 1.31. The molecule has 3 N–H and O–H groups in total. The van der Waals surface area contributed by atoms with Gasteiger partial charge < -0.3 is 20.1 Å². The molecule has 18 heavy (non-hydrogen) atoms. The molecular weight excluding hydrogens is 238 g/mol. The number of aromatic amines is 1. The second-order valence-corrected chi connectivity index (χ2v) is 3.96. The standard InChI is InChI=1S/C11H17N3O4/c1-7(2)18-5-3-4-12-10(15)8-9(11(16)17)14-6-13-8/h6-7H,3-5H2,1-2H3,(H,12,15)(H,13,14)(H,16,17). The number of carbonyl (C=O) groups is 2. The molecule has 0 unspecified atom stereocenters. The average Bonchev–Trinajstić information content (AvgIpc) is 2.76. The van der Waals surface area contributed by atoms with Gasteiger partial charge in [-0.2, -0.15) is 0 Å². The molecule has 0 bridgehead atoms. The summed E-state index contributed by atoms with van der Waals surface area (Å²) in [5.74, 6) is -1.71. The molecular formula is C11H17N3O4. The zero-order chi connectivity index (χ0) is 13.5. The lowest BCUT2D eigenvalue weighted by atomic mass is 10.3. The van der Waals surface area contributed by atoms with Crippen LogP contribution in [0, 0.1) is 0 Å². The maximum absolute atomic E-state index is 11.6. The predicted octanol–water partition coefficient (Wildman–Crippen LogP) is 0.653. The number of imidazole rings is 1. The third kappa shape index (κ3) is 4.17. The van der Waals surface area contributed by atoms with Gasteiger partial charge in [0.1, 0.15) is 0 Å². The van der Waals surface area contributed by atoms with E-state index in [-0.39, 0.29) is 17.5 Å². The number of aromatic nitrogens is 2. The minimum Gasteiger partial charge on any atom is -0.477 e. The number of carbonyl (C=O) groups excluding carboxylic acids is 1. The molecule has 100 valence electrons. The number of nitrogens with one attached hydrogen (secondary N) is 2. The van der Waals surface area contributed by atoms with Crippen LogP contribution in [0.1, 0.15) is 41.2 Å². The van der Waals surface area contributed by atoms with Crippen LogP contribution in [0.3, 0.4) is 0 Å². The molecule has 7 heteroatoms. The van der Waals surface area contributed by atoms with Gasteiger partial charge in [-0.1, -0.05) is 0 Å². The van der Waals surface area contributed by atoms with E-state index in [1.165, 1.54) is 6.33 Å². The molecule has 0 spiro atoms. The smallest absolute Gasteiger partial charge is 0.354 e. The van der Waals surface area contributed by atoms with E-state index in [1.54, 1.807) is 0 Å². The largest absolute Gasteiger partial charge is 0.477 e. The van der Waals surface area contributed by atoms with E-state index in [1.807, 2.05) is 13.8 Å². The quantitative estimate of drug-likeness (QED) is 0.620. The average molecular weight is 255 g/mol. The Morgan fingerprint density at radius 2 is 2.28 bits per heavy atom. The summed E-state index contributed by atoms with van der Waals surface area (Å²) in [6, 6.07) is 0. The molecule has 0 aliphatic heterocycles. The van der Waals surface area contributed by atoms with Crippen molar-refractivity contribution in [1.82, 2.24) is 15.3 Å². The van der Waals surface area contributed by atoms with Gasteiger partial charge >= 0.3 is 5.97 Å².